The summed E-state index contributed by atoms with van der Waals surface area (Å²) in [5.41, 5.74) is -0.715. The number of aromatic nitrogens is 2. The van der Waals surface area contributed by atoms with Crippen molar-refractivity contribution in [2.75, 3.05) is 13.1 Å². The number of H-pyrrole nitrogens is 1. The quantitative estimate of drug-likeness (QED) is 0.628. The molecule has 0 aromatic carbocycles. The number of hydrogen-bond donors (Lipinski definition) is 2. The Morgan fingerprint density at radius 3 is 2.64 bits per heavy atom. The van der Waals surface area contributed by atoms with E-state index in [-0.39, 0.29) is 18.0 Å². The second kappa shape index (κ2) is 7.11. The van der Waals surface area contributed by atoms with Gasteiger partial charge >= 0.3 is 5.69 Å². The molecule has 0 spiro atoms. The van der Waals surface area contributed by atoms with Crippen molar-refractivity contribution in [2.24, 2.45) is 5.10 Å². The van der Waals surface area contributed by atoms with Gasteiger partial charge in [-0.3, -0.25) is 19.4 Å². The molecule has 0 amide bonds. The van der Waals surface area contributed by atoms with Crippen molar-refractivity contribution < 1.29 is 5.11 Å². The Hall–Kier alpha value is -2.31. The summed E-state index contributed by atoms with van der Waals surface area (Å²) < 4.78 is 1.07. The molecule has 1 aromatic heterocycles. The van der Waals surface area contributed by atoms with E-state index in [0.717, 1.165) is 30.5 Å². The summed E-state index contributed by atoms with van der Waals surface area (Å²) in [5.74, 6) is -0.355. The third kappa shape index (κ3) is 3.29. The molecule has 2 N–H and O–H groups in total. The molecule has 0 saturated carbocycles. The van der Waals surface area contributed by atoms with Crippen LogP contribution in [0.25, 0.3) is 0 Å². The van der Waals surface area contributed by atoms with Crippen LogP contribution in [0.3, 0.4) is 0 Å². The number of nitrogens with zero attached hydrogens (tertiary/aromatic N) is 3. The molecule has 1 aliphatic heterocycles. The van der Waals surface area contributed by atoms with E-state index in [0.29, 0.717) is 12.1 Å². The Morgan fingerprint density at radius 2 is 2.05 bits per heavy atom. The summed E-state index contributed by atoms with van der Waals surface area (Å²) in [4.78, 5) is 26.1. The molecule has 2 heterocycles. The Morgan fingerprint density at radius 1 is 1.36 bits per heavy atom. The van der Waals surface area contributed by atoms with Gasteiger partial charge in [0, 0.05) is 19.6 Å². The number of aromatic hydroxyl groups is 1. The normalized spacial score (nSPS) is 15.9. The van der Waals surface area contributed by atoms with Gasteiger partial charge in [-0.2, -0.15) is 5.10 Å². The maximum atomic E-state index is 12.1. The summed E-state index contributed by atoms with van der Waals surface area (Å²) in [6.07, 6.45) is 5.29. The molecule has 1 saturated heterocycles. The van der Waals surface area contributed by atoms with Gasteiger partial charge in [0.1, 0.15) is 5.56 Å². The van der Waals surface area contributed by atoms with E-state index in [1.807, 2.05) is 11.9 Å². The van der Waals surface area contributed by atoms with Gasteiger partial charge in [-0.1, -0.05) is 13.0 Å². The van der Waals surface area contributed by atoms with Gasteiger partial charge in [0.25, 0.3) is 5.56 Å². The number of hydrazone groups is 1. The van der Waals surface area contributed by atoms with Crippen LogP contribution in [0, 0.1) is 0 Å². The summed E-state index contributed by atoms with van der Waals surface area (Å²) in [6.45, 7) is 7.22. The number of allylic oxidation sites excluding steroid dienone is 1. The van der Waals surface area contributed by atoms with Gasteiger partial charge < -0.3 is 5.11 Å². The van der Waals surface area contributed by atoms with Crippen molar-refractivity contribution in [3.8, 4) is 5.88 Å². The molecule has 1 aliphatic rings. The summed E-state index contributed by atoms with van der Waals surface area (Å²) in [5, 5.41) is 16.7. The lowest BCUT2D eigenvalue weighted by Gasteiger charge is -2.24. The minimum Gasteiger partial charge on any atom is -0.494 e. The second-order valence-corrected chi connectivity index (χ2v) is 5.27. The van der Waals surface area contributed by atoms with E-state index in [1.54, 1.807) is 0 Å². The Kier molecular flexibility index (Phi) is 5.19. The highest BCUT2D eigenvalue weighted by molar-refractivity contribution is 6.01. The van der Waals surface area contributed by atoms with Crippen LogP contribution in [0.5, 0.6) is 5.88 Å². The zero-order chi connectivity index (χ0) is 16.1. The van der Waals surface area contributed by atoms with Crippen molar-refractivity contribution >= 4 is 5.71 Å². The molecule has 0 bridgehead atoms. The summed E-state index contributed by atoms with van der Waals surface area (Å²) in [7, 11) is 0. The van der Waals surface area contributed by atoms with Crippen molar-refractivity contribution in [2.45, 2.75) is 39.2 Å². The van der Waals surface area contributed by atoms with Crippen molar-refractivity contribution in [3.63, 3.8) is 0 Å². The number of aromatic amines is 1. The van der Waals surface area contributed by atoms with E-state index in [9.17, 15) is 14.7 Å². The first-order valence-electron chi connectivity index (χ1n) is 7.58. The fourth-order valence-electron chi connectivity index (χ4n) is 2.56. The highest BCUT2D eigenvalue weighted by atomic mass is 16.3. The summed E-state index contributed by atoms with van der Waals surface area (Å²) >= 11 is 0. The molecule has 1 aromatic rings. The average Bonchev–Trinajstić information content (AvgIpc) is 2.51. The molecule has 1 fully saturated rings. The van der Waals surface area contributed by atoms with Crippen molar-refractivity contribution in [1.82, 2.24) is 14.6 Å². The van der Waals surface area contributed by atoms with Crippen LogP contribution in [-0.2, 0) is 6.54 Å². The number of nitrogens with one attached hydrogen (secondary N) is 1. The first-order valence-corrected chi connectivity index (χ1v) is 7.58. The predicted molar refractivity (Wildman–Crippen MR) is 85.4 cm³/mol. The molecule has 2 rings (SSSR count). The lowest BCUT2D eigenvalue weighted by molar-refractivity contribution is 0.239. The Balaban J connectivity index is 2.50. The van der Waals surface area contributed by atoms with Crippen LogP contribution >= 0.6 is 0 Å². The third-order valence-electron chi connectivity index (χ3n) is 3.70. The maximum absolute atomic E-state index is 12.1. The Labute approximate surface area is 128 Å². The van der Waals surface area contributed by atoms with Gasteiger partial charge in [-0.25, -0.2) is 4.79 Å². The largest absolute Gasteiger partial charge is 0.494 e. The van der Waals surface area contributed by atoms with E-state index in [4.69, 9.17) is 0 Å². The molecule has 7 heteroatoms. The number of hydrogen-bond acceptors (Lipinski definition) is 5. The van der Waals surface area contributed by atoms with Crippen LogP contribution in [-0.4, -0.2) is 38.5 Å². The molecule has 120 valence electrons. The highest BCUT2D eigenvalue weighted by Crippen LogP contribution is 2.16. The van der Waals surface area contributed by atoms with Gasteiger partial charge in [-0.15, -0.1) is 6.58 Å². The first kappa shape index (κ1) is 16.1. The number of piperidine rings is 1. The molecule has 0 aliphatic carbocycles. The van der Waals surface area contributed by atoms with Gasteiger partial charge in [0.2, 0.25) is 5.88 Å². The van der Waals surface area contributed by atoms with E-state index in [2.05, 4.69) is 16.7 Å². The molecular formula is C15H22N4O3. The van der Waals surface area contributed by atoms with Crippen LogP contribution < -0.4 is 11.2 Å². The topological polar surface area (TPSA) is 90.7 Å². The van der Waals surface area contributed by atoms with Gasteiger partial charge in [0.05, 0.1) is 5.71 Å². The summed E-state index contributed by atoms with van der Waals surface area (Å²) in [6, 6.07) is 0. The van der Waals surface area contributed by atoms with Crippen LogP contribution in [0.2, 0.25) is 0 Å². The zero-order valence-corrected chi connectivity index (χ0v) is 12.8. The van der Waals surface area contributed by atoms with E-state index < -0.39 is 11.2 Å². The molecule has 22 heavy (non-hydrogen) atoms. The molecular weight excluding hydrogens is 284 g/mol. The van der Waals surface area contributed by atoms with Gasteiger partial charge in [-0.05, 0) is 25.7 Å². The number of rotatable bonds is 5. The van der Waals surface area contributed by atoms with Crippen molar-refractivity contribution in [1.29, 1.82) is 0 Å². The van der Waals surface area contributed by atoms with Gasteiger partial charge in [0.15, 0.2) is 0 Å². The molecule has 0 radical (unpaired) electrons. The zero-order valence-electron chi connectivity index (χ0n) is 12.8. The lowest BCUT2D eigenvalue weighted by atomic mass is 10.1. The highest BCUT2D eigenvalue weighted by Gasteiger charge is 2.19. The second-order valence-electron chi connectivity index (χ2n) is 5.27. The molecule has 7 nitrogen and oxygen atoms in total. The average molecular weight is 306 g/mol. The fraction of sp³-hybridized carbons (Fsp3) is 0.533. The van der Waals surface area contributed by atoms with Crippen LogP contribution in [0.15, 0.2) is 27.3 Å². The monoisotopic (exact) mass is 306 g/mol. The molecule has 0 atom stereocenters. The maximum Gasteiger partial charge on any atom is 0.331 e. The molecule has 0 unspecified atom stereocenters. The fourth-order valence-corrected chi connectivity index (χ4v) is 2.56. The van der Waals surface area contributed by atoms with E-state index >= 15 is 0 Å². The Bertz CT molecular complexity index is 681. The first-order chi connectivity index (χ1) is 10.6. The minimum atomic E-state index is -0.653. The SMILES string of the molecule is C=CCn1c(O)c(/C(CC)=N/N2CCCCC2)c(=O)[nH]c1=O. The smallest absolute Gasteiger partial charge is 0.331 e. The van der Waals surface area contributed by atoms with E-state index in [1.165, 1.54) is 12.5 Å². The standard InChI is InChI=1S/C15H22N4O3/c1-3-8-19-14(21)12(13(20)16-15(19)22)11(4-2)17-18-9-6-5-7-10-18/h3,21H,1,4-10H2,2H3,(H,16,20,22)/b17-11+. The van der Waals surface area contributed by atoms with Crippen LogP contribution in [0.4, 0.5) is 0 Å². The lowest BCUT2D eigenvalue weighted by Crippen LogP contribution is -2.34. The van der Waals surface area contributed by atoms with Crippen LogP contribution in [0.1, 0.15) is 38.2 Å². The third-order valence-corrected chi connectivity index (χ3v) is 3.70. The van der Waals surface area contributed by atoms with Crippen molar-refractivity contribution in [3.05, 3.63) is 39.1 Å². The predicted octanol–water partition coefficient (Wildman–Crippen LogP) is 1.03. The minimum absolute atomic E-state index is 0.0644.